The van der Waals surface area contributed by atoms with Gasteiger partial charge in [-0.2, -0.15) is 0 Å². The average molecular weight is 253 g/mol. The summed E-state index contributed by atoms with van der Waals surface area (Å²) in [7, 11) is 0. The molecule has 6 heteroatoms. The van der Waals surface area contributed by atoms with E-state index >= 15 is 0 Å². The summed E-state index contributed by atoms with van der Waals surface area (Å²) in [4.78, 5) is 18.8. The number of nitrogens with zero attached hydrogens (tertiary/aromatic N) is 2. The van der Waals surface area contributed by atoms with Crippen molar-refractivity contribution in [3.8, 4) is 0 Å². The lowest BCUT2D eigenvalue weighted by atomic mass is 9.98. The van der Waals surface area contributed by atoms with Crippen LogP contribution in [0.2, 0.25) is 0 Å². The molecule has 1 rings (SSSR count). The minimum Gasteiger partial charge on any atom is -0.478 e. The van der Waals surface area contributed by atoms with Crippen molar-refractivity contribution in [1.29, 1.82) is 0 Å². The molecule has 0 fully saturated rings. The van der Waals surface area contributed by atoms with Crippen LogP contribution in [0.1, 0.15) is 42.7 Å². The van der Waals surface area contributed by atoms with Gasteiger partial charge in [-0.15, -0.1) is 0 Å². The molecule has 1 aromatic rings. The molecule has 1 aromatic heterocycles. The second-order valence-corrected chi connectivity index (χ2v) is 4.28. The van der Waals surface area contributed by atoms with Crippen LogP contribution in [0.15, 0.2) is 6.20 Å². The van der Waals surface area contributed by atoms with E-state index in [1.54, 1.807) is 6.92 Å². The highest BCUT2D eigenvalue weighted by Gasteiger charge is 2.22. The standard InChI is InChI=1S/C12H19N3O3/c1-4-12(18,5-2)7-14-11-13-6-9(10(16)17)8(3)15-11/h6,18H,4-5,7H2,1-3H3,(H,16,17)(H,13,14,15). The molecule has 3 N–H and O–H groups in total. The van der Waals surface area contributed by atoms with Gasteiger partial charge in [0.05, 0.1) is 16.9 Å². The van der Waals surface area contributed by atoms with Gasteiger partial charge in [-0.05, 0) is 19.8 Å². The predicted octanol–water partition coefficient (Wildman–Crippen LogP) is 1.45. The first-order valence-corrected chi connectivity index (χ1v) is 5.95. The van der Waals surface area contributed by atoms with E-state index in [0.717, 1.165) is 0 Å². The van der Waals surface area contributed by atoms with E-state index in [9.17, 15) is 9.90 Å². The first kappa shape index (κ1) is 14.4. The third-order valence-corrected chi connectivity index (χ3v) is 3.10. The number of aromatic nitrogens is 2. The molecule has 0 aliphatic carbocycles. The van der Waals surface area contributed by atoms with Crippen molar-refractivity contribution in [1.82, 2.24) is 9.97 Å². The van der Waals surface area contributed by atoms with Crippen molar-refractivity contribution in [2.75, 3.05) is 11.9 Å². The van der Waals surface area contributed by atoms with Gasteiger partial charge in [0.2, 0.25) is 5.95 Å². The molecule has 6 nitrogen and oxygen atoms in total. The van der Waals surface area contributed by atoms with Gasteiger partial charge in [-0.3, -0.25) is 0 Å². The Kier molecular flexibility index (Phi) is 4.61. The number of hydrogen-bond donors (Lipinski definition) is 3. The zero-order chi connectivity index (χ0) is 13.8. The van der Waals surface area contributed by atoms with Gasteiger partial charge in [0.1, 0.15) is 0 Å². The summed E-state index contributed by atoms with van der Waals surface area (Å²) in [6.45, 7) is 5.77. The molecule has 0 atom stereocenters. The lowest BCUT2D eigenvalue weighted by Crippen LogP contribution is -2.35. The predicted molar refractivity (Wildman–Crippen MR) is 67.7 cm³/mol. The third-order valence-electron chi connectivity index (χ3n) is 3.10. The topological polar surface area (TPSA) is 95.3 Å². The van der Waals surface area contributed by atoms with Gasteiger partial charge in [0.15, 0.2) is 0 Å². The number of aromatic carboxylic acids is 1. The largest absolute Gasteiger partial charge is 0.478 e. The number of nitrogens with one attached hydrogen (secondary N) is 1. The molecular formula is C12H19N3O3. The van der Waals surface area contributed by atoms with Crippen LogP contribution in [-0.2, 0) is 0 Å². The molecule has 0 radical (unpaired) electrons. The Bertz CT molecular complexity index is 431. The Morgan fingerprint density at radius 1 is 1.44 bits per heavy atom. The summed E-state index contributed by atoms with van der Waals surface area (Å²) >= 11 is 0. The maximum atomic E-state index is 10.8. The van der Waals surface area contributed by atoms with Crippen molar-refractivity contribution in [2.24, 2.45) is 0 Å². The van der Waals surface area contributed by atoms with Crippen LogP contribution in [-0.4, -0.2) is 38.3 Å². The zero-order valence-electron chi connectivity index (χ0n) is 10.9. The van der Waals surface area contributed by atoms with Gasteiger partial charge in [-0.25, -0.2) is 14.8 Å². The smallest absolute Gasteiger partial charge is 0.339 e. The van der Waals surface area contributed by atoms with E-state index in [4.69, 9.17) is 5.11 Å². The fourth-order valence-electron chi connectivity index (χ4n) is 1.51. The van der Waals surface area contributed by atoms with Crippen molar-refractivity contribution in [3.05, 3.63) is 17.5 Å². The third kappa shape index (κ3) is 3.40. The molecule has 0 saturated heterocycles. The first-order valence-electron chi connectivity index (χ1n) is 5.95. The van der Waals surface area contributed by atoms with Crippen molar-refractivity contribution < 1.29 is 15.0 Å². The molecule has 0 aliphatic heterocycles. The molecule has 0 aliphatic rings. The van der Waals surface area contributed by atoms with Crippen LogP contribution in [0.5, 0.6) is 0 Å². The van der Waals surface area contributed by atoms with Crippen LogP contribution in [0.3, 0.4) is 0 Å². The molecule has 0 spiro atoms. The van der Waals surface area contributed by atoms with E-state index in [1.807, 2.05) is 13.8 Å². The molecule has 0 saturated carbocycles. The highest BCUT2D eigenvalue weighted by Crippen LogP contribution is 2.15. The number of rotatable bonds is 6. The second kappa shape index (κ2) is 5.77. The van der Waals surface area contributed by atoms with Crippen LogP contribution < -0.4 is 5.32 Å². The SMILES string of the molecule is CCC(O)(CC)CNc1ncc(C(=O)O)c(C)n1. The monoisotopic (exact) mass is 253 g/mol. The van der Waals surface area contributed by atoms with Gasteiger partial charge in [0.25, 0.3) is 0 Å². The Labute approximate surface area is 106 Å². The molecule has 18 heavy (non-hydrogen) atoms. The van der Waals surface area contributed by atoms with Gasteiger partial charge in [0, 0.05) is 12.7 Å². The summed E-state index contributed by atoms with van der Waals surface area (Å²) in [6, 6.07) is 0. The normalized spacial score (nSPS) is 11.3. The fraction of sp³-hybridized carbons (Fsp3) is 0.583. The Morgan fingerprint density at radius 2 is 2.06 bits per heavy atom. The number of aryl methyl sites for hydroxylation is 1. The summed E-state index contributed by atoms with van der Waals surface area (Å²) in [5.74, 6) is -0.713. The van der Waals surface area contributed by atoms with Crippen molar-refractivity contribution in [3.63, 3.8) is 0 Å². The minimum atomic E-state index is -1.04. The summed E-state index contributed by atoms with van der Waals surface area (Å²) < 4.78 is 0. The molecule has 0 bridgehead atoms. The summed E-state index contributed by atoms with van der Waals surface area (Å²) in [5.41, 5.74) is -0.304. The van der Waals surface area contributed by atoms with Crippen molar-refractivity contribution >= 4 is 11.9 Å². The maximum absolute atomic E-state index is 10.8. The van der Waals surface area contributed by atoms with Crippen LogP contribution in [0, 0.1) is 6.92 Å². The fourth-order valence-corrected chi connectivity index (χ4v) is 1.51. The minimum absolute atomic E-state index is 0.0850. The molecule has 0 amide bonds. The van der Waals surface area contributed by atoms with Gasteiger partial charge in [-0.1, -0.05) is 13.8 Å². The van der Waals surface area contributed by atoms with Gasteiger partial charge < -0.3 is 15.5 Å². The van der Waals surface area contributed by atoms with Gasteiger partial charge >= 0.3 is 5.97 Å². The average Bonchev–Trinajstić information content (AvgIpc) is 2.35. The lowest BCUT2D eigenvalue weighted by molar-refractivity contribution is 0.0455. The molecule has 0 unspecified atom stereocenters. The Morgan fingerprint density at radius 3 is 2.50 bits per heavy atom. The Balaban J connectivity index is 2.75. The second-order valence-electron chi connectivity index (χ2n) is 4.28. The van der Waals surface area contributed by atoms with Crippen LogP contribution in [0.25, 0.3) is 0 Å². The van der Waals surface area contributed by atoms with E-state index in [0.29, 0.717) is 31.0 Å². The molecule has 0 aromatic carbocycles. The lowest BCUT2D eigenvalue weighted by Gasteiger charge is -2.25. The van der Waals surface area contributed by atoms with E-state index in [2.05, 4.69) is 15.3 Å². The van der Waals surface area contributed by atoms with Crippen LogP contribution >= 0.6 is 0 Å². The van der Waals surface area contributed by atoms with E-state index in [-0.39, 0.29) is 5.56 Å². The van der Waals surface area contributed by atoms with E-state index < -0.39 is 11.6 Å². The van der Waals surface area contributed by atoms with Crippen molar-refractivity contribution in [2.45, 2.75) is 39.2 Å². The molecule has 100 valence electrons. The Hall–Kier alpha value is -1.69. The maximum Gasteiger partial charge on any atom is 0.339 e. The number of anilines is 1. The zero-order valence-corrected chi connectivity index (χ0v) is 10.9. The highest BCUT2D eigenvalue weighted by atomic mass is 16.4. The highest BCUT2D eigenvalue weighted by molar-refractivity contribution is 5.88. The first-order chi connectivity index (χ1) is 8.41. The molecular weight excluding hydrogens is 234 g/mol. The quantitative estimate of drug-likeness (QED) is 0.710. The number of carbonyl (C=O) groups is 1. The number of hydrogen-bond acceptors (Lipinski definition) is 5. The molecule has 1 heterocycles. The summed E-state index contributed by atoms with van der Waals surface area (Å²) in [6.07, 6.45) is 2.52. The summed E-state index contributed by atoms with van der Waals surface area (Å²) in [5, 5.41) is 21.9. The number of aliphatic hydroxyl groups is 1. The number of carboxylic acids is 1. The van der Waals surface area contributed by atoms with Crippen LogP contribution in [0.4, 0.5) is 5.95 Å². The van der Waals surface area contributed by atoms with E-state index in [1.165, 1.54) is 6.20 Å². The number of carboxylic acid groups (broad SMARTS) is 1.